The number of alkyl halides is 6. The summed E-state index contributed by atoms with van der Waals surface area (Å²) in [6.45, 7) is 2.57. The number of hydrogen-bond acceptors (Lipinski definition) is 7. The zero-order valence-corrected chi connectivity index (χ0v) is 20.3. The molecule has 2 aromatic rings. The molecule has 1 aliphatic heterocycles. The third-order valence-corrected chi connectivity index (χ3v) is 4.96. The van der Waals surface area contributed by atoms with E-state index in [1.54, 1.807) is 11.0 Å². The Kier molecular flexibility index (Phi) is 11.1. The highest BCUT2D eigenvalue weighted by atomic mass is 19.4. The van der Waals surface area contributed by atoms with Crippen molar-refractivity contribution in [1.29, 1.82) is 0 Å². The highest BCUT2D eigenvalue weighted by Gasteiger charge is 2.38. The maximum absolute atomic E-state index is 11.5. The molecular weight excluding hydrogens is 532 g/mol. The fourth-order valence-electron chi connectivity index (χ4n) is 3.07. The zero-order chi connectivity index (χ0) is 29.4. The molecule has 0 spiro atoms. The quantitative estimate of drug-likeness (QED) is 0.479. The molecule has 0 atom stereocenters. The summed E-state index contributed by atoms with van der Waals surface area (Å²) in [5, 5.41) is 23.7. The number of carboxylic acid groups (broad SMARTS) is 3. The predicted molar refractivity (Wildman–Crippen MR) is 119 cm³/mol. The van der Waals surface area contributed by atoms with Gasteiger partial charge in [-0.3, -0.25) is 4.90 Å². The molecular formula is C21H25F6N5O6. The van der Waals surface area contributed by atoms with Crippen molar-refractivity contribution in [2.75, 3.05) is 32.1 Å². The number of hydrogen-bond donors (Lipinski definition) is 3. The monoisotopic (exact) mass is 557 g/mol. The number of carbonyl (C=O) groups is 3. The van der Waals surface area contributed by atoms with Gasteiger partial charge < -0.3 is 24.8 Å². The summed E-state index contributed by atoms with van der Waals surface area (Å²) < 4.78 is 65.5. The minimum Gasteiger partial charge on any atom is -0.478 e. The summed E-state index contributed by atoms with van der Waals surface area (Å²) in [7, 11) is 5.65. The molecule has 212 valence electrons. The molecule has 38 heavy (non-hydrogen) atoms. The SMILES string of the molecule is CN(C)c1nc2c(cc1C(=O)O)CCN(Cc1nccn1C)CC2.O=C(O)C(F)(F)F.O=C(O)C(F)(F)F. The molecule has 0 saturated heterocycles. The molecule has 3 heterocycles. The Morgan fingerprint density at radius 3 is 1.87 bits per heavy atom. The van der Waals surface area contributed by atoms with Gasteiger partial charge in [0, 0.05) is 58.7 Å². The molecule has 0 fully saturated rings. The van der Waals surface area contributed by atoms with Crippen molar-refractivity contribution >= 4 is 23.7 Å². The topological polar surface area (TPSA) is 149 Å². The highest BCUT2D eigenvalue weighted by Crippen LogP contribution is 2.23. The smallest absolute Gasteiger partial charge is 0.478 e. The van der Waals surface area contributed by atoms with Gasteiger partial charge in [0.2, 0.25) is 0 Å². The number of aromatic carboxylic acids is 1. The van der Waals surface area contributed by atoms with Crippen LogP contribution in [0.15, 0.2) is 18.5 Å². The number of rotatable bonds is 4. The van der Waals surface area contributed by atoms with Gasteiger partial charge in [-0.2, -0.15) is 26.3 Å². The maximum Gasteiger partial charge on any atom is 0.490 e. The fraction of sp³-hybridized carbons (Fsp3) is 0.476. The molecule has 0 unspecified atom stereocenters. The maximum atomic E-state index is 11.5. The van der Waals surface area contributed by atoms with E-state index in [0.717, 1.165) is 49.6 Å². The van der Waals surface area contributed by atoms with Crippen molar-refractivity contribution in [2.24, 2.45) is 7.05 Å². The van der Waals surface area contributed by atoms with Crippen LogP contribution in [0.4, 0.5) is 32.2 Å². The molecule has 0 aromatic carbocycles. The molecule has 0 aliphatic carbocycles. The van der Waals surface area contributed by atoms with Crippen LogP contribution in [0.5, 0.6) is 0 Å². The minimum atomic E-state index is -5.08. The largest absolute Gasteiger partial charge is 0.490 e. The molecule has 2 aromatic heterocycles. The van der Waals surface area contributed by atoms with Crippen LogP contribution in [0.2, 0.25) is 0 Å². The molecule has 11 nitrogen and oxygen atoms in total. The summed E-state index contributed by atoms with van der Waals surface area (Å²) in [4.78, 5) is 42.5. The Morgan fingerprint density at radius 1 is 0.974 bits per heavy atom. The van der Waals surface area contributed by atoms with Crippen molar-refractivity contribution in [1.82, 2.24) is 19.4 Å². The van der Waals surface area contributed by atoms with E-state index in [9.17, 15) is 36.2 Å². The van der Waals surface area contributed by atoms with Crippen LogP contribution >= 0.6 is 0 Å². The second kappa shape index (κ2) is 13.1. The predicted octanol–water partition coefficient (Wildman–Crippen LogP) is 2.45. The second-order valence-corrected chi connectivity index (χ2v) is 8.00. The van der Waals surface area contributed by atoms with E-state index in [4.69, 9.17) is 19.8 Å². The number of fused-ring (bicyclic) bond motifs is 1. The second-order valence-electron chi connectivity index (χ2n) is 8.00. The first kappa shape index (κ1) is 32.1. The molecule has 0 saturated carbocycles. The lowest BCUT2D eigenvalue weighted by atomic mass is 10.1. The van der Waals surface area contributed by atoms with Crippen LogP contribution in [-0.4, -0.2) is 92.2 Å². The van der Waals surface area contributed by atoms with E-state index >= 15 is 0 Å². The summed E-state index contributed by atoms with van der Waals surface area (Å²) in [6.07, 6.45) is -4.78. The fourth-order valence-corrected chi connectivity index (χ4v) is 3.07. The van der Waals surface area contributed by atoms with Crippen LogP contribution < -0.4 is 4.90 Å². The van der Waals surface area contributed by atoms with Gasteiger partial charge in [0.25, 0.3) is 0 Å². The van der Waals surface area contributed by atoms with Crippen molar-refractivity contribution in [3.63, 3.8) is 0 Å². The van der Waals surface area contributed by atoms with E-state index in [1.165, 1.54) is 0 Å². The number of aromatic nitrogens is 3. The number of carboxylic acids is 3. The van der Waals surface area contributed by atoms with Crippen LogP contribution in [0.1, 0.15) is 27.4 Å². The average Bonchev–Trinajstić information content (AvgIpc) is 3.07. The van der Waals surface area contributed by atoms with Gasteiger partial charge in [-0.05, 0) is 18.1 Å². The Morgan fingerprint density at radius 2 is 1.47 bits per heavy atom. The molecule has 3 N–H and O–H groups in total. The first-order chi connectivity index (χ1) is 17.3. The molecule has 0 radical (unpaired) electrons. The molecule has 0 amide bonds. The number of pyridine rings is 1. The van der Waals surface area contributed by atoms with Crippen molar-refractivity contribution in [2.45, 2.75) is 31.7 Å². The first-order valence-corrected chi connectivity index (χ1v) is 10.6. The van der Waals surface area contributed by atoms with Crippen molar-refractivity contribution < 1.29 is 56.0 Å². The van der Waals surface area contributed by atoms with E-state index in [0.29, 0.717) is 5.82 Å². The number of nitrogens with zero attached hydrogens (tertiary/aromatic N) is 5. The third kappa shape index (κ3) is 9.87. The highest BCUT2D eigenvalue weighted by molar-refractivity contribution is 5.93. The van der Waals surface area contributed by atoms with Crippen LogP contribution in [-0.2, 0) is 36.0 Å². The van der Waals surface area contributed by atoms with Gasteiger partial charge in [0.15, 0.2) is 0 Å². The zero-order valence-electron chi connectivity index (χ0n) is 20.3. The molecule has 0 bridgehead atoms. The first-order valence-electron chi connectivity index (χ1n) is 10.6. The van der Waals surface area contributed by atoms with Gasteiger partial charge in [-0.1, -0.05) is 0 Å². The van der Waals surface area contributed by atoms with E-state index in [-0.39, 0.29) is 5.56 Å². The molecule has 3 rings (SSSR count). The number of aryl methyl sites for hydroxylation is 1. The lowest BCUT2D eigenvalue weighted by Crippen LogP contribution is -2.27. The number of aliphatic carboxylic acids is 2. The van der Waals surface area contributed by atoms with E-state index in [1.807, 2.05) is 38.1 Å². The summed E-state index contributed by atoms with van der Waals surface area (Å²) in [5.74, 6) is -4.88. The Bertz CT molecular complexity index is 1110. The van der Waals surface area contributed by atoms with Gasteiger partial charge >= 0.3 is 30.3 Å². The standard InChI is InChI=1S/C17H23N5O2.2C2HF3O2/c1-20(2)16-13(17(23)24)10-12-4-7-22(8-5-14(12)19-16)11-15-18-6-9-21(15)3;2*3-2(4,5)1(6)7/h6,9-10H,4-5,7-8,11H2,1-3H3,(H,23,24);2*(H,6,7). The third-order valence-electron chi connectivity index (χ3n) is 4.96. The van der Waals surface area contributed by atoms with Crippen LogP contribution in [0, 0.1) is 0 Å². The minimum absolute atomic E-state index is 0.274. The van der Waals surface area contributed by atoms with Crippen molar-refractivity contribution in [3.8, 4) is 0 Å². The van der Waals surface area contributed by atoms with Crippen LogP contribution in [0.3, 0.4) is 0 Å². The number of imidazole rings is 1. The summed E-state index contributed by atoms with van der Waals surface area (Å²) in [6, 6.07) is 1.80. The average molecular weight is 557 g/mol. The Hall–Kier alpha value is -3.89. The normalized spacial score (nSPS) is 13.6. The Balaban J connectivity index is 0.000000426. The summed E-state index contributed by atoms with van der Waals surface area (Å²) >= 11 is 0. The number of halogens is 6. The molecule has 1 aliphatic rings. The van der Waals surface area contributed by atoms with Gasteiger partial charge in [0.1, 0.15) is 17.2 Å². The lowest BCUT2D eigenvalue weighted by molar-refractivity contribution is -0.193. The summed E-state index contributed by atoms with van der Waals surface area (Å²) in [5.41, 5.74) is 2.32. The van der Waals surface area contributed by atoms with Gasteiger partial charge in [-0.15, -0.1) is 0 Å². The molecule has 17 heteroatoms. The van der Waals surface area contributed by atoms with E-state index in [2.05, 4.69) is 14.9 Å². The van der Waals surface area contributed by atoms with E-state index < -0.39 is 30.3 Å². The number of anilines is 1. The lowest BCUT2D eigenvalue weighted by Gasteiger charge is -2.19. The van der Waals surface area contributed by atoms with Gasteiger partial charge in [0.05, 0.1) is 6.54 Å². The van der Waals surface area contributed by atoms with Crippen molar-refractivity contribution in [3.05, 3.63) is 41.1 Å². The Labute approximate surface area is 211 Å². The van der Waals surface area contributed by atoms with Crippen LogP contribution in [0.25, 0.3) is 0 Å². The van der Waals surface area contributed by atoms with Gasteiger partial charge in [-0.25, -0.2) is 24.4 Å².